The van der Waals surface area contributed by atoms with E-state index < -0.39 is 10.0 Å². The van der Waals surface area contributed by atoms with Gasteiger partial charge in [0.25, 0.3) is 0 Å². The van der Waals surface area contributed by atoms with Crippen LogP contribution in [0.5, 0.6) is 0 Å². The van der Waals surface area contributed by atoms with Crippen LogP contribution >= 0.6 is 0 Å². The molecule has 0 saturated carbocycles. The molecule has 10 nitrogen and oxygen atoms in total. The highest BCUT2D eigenvalue weighted by molar-refractivity contribution is 7.89. The zero-order valence-corrected chi connectivity index (χ0v) is 23.2. The highest BCUT2D eigenvalue weighted by atomic mass is 32.2. The Hall–Kier alpha value is -3.38. The van der Waals surface area contributed by atoms with Crippen molar-refractivity contribution in [1.82, 2.24) is 19.3 Å². The van der Waals surface area contributed by atoms with Crippen LogP contribution in [-0.2, 0) is 32.7 Å². The van der Waals surface area contributed by atoms with Crippen molar-refractivity contribution in [2.24, 2.45) is 0 Å². The van der Waals surface area contributed by atoms with Gasteiger partial charge >= 0.3 is 0 Å². The van der Waals surface area contributed by atoms with Crippen LogP contribution in [0, 0.1) is 6.92 Å². The Bertz CT molecular complexity index is 1440. The zero-order valence-electron chi connectivity index (χ0n) is 22.3. The summed E-state index contributed by atoms with van der Waals surface area (Å²) in [6, 6.07) is 10.0. The topological polar surface area (TPSA) is 110 Å². The van der Waals surface area contributed by atoms with Crippen molar-refractivity contribution in [3.05, 3.63) is 71.7 Å². The molecule has 1 N–H and O–H groups in total. The quantitative estimate of drug-likeness (QED) is 0.489. The fourth-order valence-corrected chi connectivity index (χ4v) is 5.79. The summed E-state index contributed by atoms with van der Waals surface area (Å²) in [4.78, 5) is 16.0. The van der Waals surface area contributed by atoms with E-state index >= 15 is 0 Å². The Labute approximate surface area is 229 Å². The van der Waals surface area contributed by atoms with Crippen molar-refractivity contribution in [2.75, 3.05) is 55.4 Å². The monoisotopic (exact) mass is 550 g/mol. The molecule has 5 rings (SSSR count). The summed E-state index contributed by atoms with van der Waals surface area (Å²) >= 11 is 0. The van der Waals surface area contributed by atoms with Crippen molar-refractivity contribution < 1.29 is 17.9 Å². The molecule has 0 aliphatic carbocycles. The lowest BCUT2D eigenvalue weighted by atomic mass is 10.1. The number of aryl methyl sites for hydroxylation is 1. The second-order valence-corrected chi connectivity index (χ2v) is 11.8. The minimum absolute atomic E-state index is 0.121. The van der Waals surface area contributed by atoms with Crippen LogP contribution in [-0.4, -0.2) is 72.8 Å². The van der Waals surface area contributed by atoms with Crippen molar-refractivity contribution in [3.63, 3.8) is 0 Å². The van der Waals surface area contributed by atoms with E-state index in [2.05, 4.69) is 26.3 Å². The molecule has 0 atom stereocenters. The van der Waals surface area contributed by atoms with E-state index in [4.69, 9.17) is 14.5 Å². The maximum Gasteiger partial charge on any atom is 0.227 e. The van der Waals surface area contributed by atoms with Gasteiger partial charge in [0.1, 0.15) is 0 Å². The van der Waals surface area contributed by atoms with Gasteiger partial charge in [0.05, 0.1) is 43.6 Å². The average molecular weight is 551 g/mol. The normalized spacial score (nSPS) is 18.1. The number of anilines is 3. The van der Waals surface area contributed by atoms with E-state index in [1.165, 1.54) is 0 Å². The van der Waals surface area contributed by atoms with Crippen LogP contribution in [0.3, 0.4) is 0 Å². The lowest BCUT2D eigenvalue weighted by Gasteiger charge is -2.36. The number of pyridine rings is 1. The first kappa shape index (κ1) is 27.2. The average Bonchev–Trinajstić information content (AvgIpc) is 2.95. The summed E-state index contributed by atoms with van der Waals surface area (Å²) in [5, 5.41) is 3.35. The molecule has 1 fully saturated rings. The fraction of sp³-hybridized carbons (Fsp3) is 0.393. The van der Waals surface area contributed by atoms with Gasteiger partial charge in [-0.2, -0.15) is 4.31 Å². The predicted octanol–water partition coefficient (Wildman–Crippen LogP) is 3.67. The highest BCUT2D eigenvalue weighted by Gasteiger charge is 2.26. The minimum Gasteiger partial charge on any atom is -0.373 e. The molecule has 1 saturated heterocycles. The third-order valence-corrected chi connectivity index (χ3v) is 8.72. The maximum absolute atomic E-state index is 12.3. The molecule has 206 valence electrons. The molecule has 1 aromatic carbocycles. The van der Waals surface area contributed by atoms with Gasteiger partial charge in [-0.1, -0.05) is 12.2 Å². The molecule has 6 bridgehead atoms. The van der Waals surface area contributed by atoms with E-state index in [9.17, 15) is 8.42 Å². The van der Waals surface area contributed by atoms with Crippen molar-refractivity contribution in [1.29, 1.82) is 0 Å². The van der Waals surface area contributed by atoms with Gasteiger partial charge < -0.3 is 19.7 Å². The molecule has 2 aliphatic heterocycles. The first-order valence-corrected chi connectivity index (χ1v) is 14.8. The number of nitrogens with zero attached hydrogens (tertiary/aromatic N) is 5. The van der Waals surface area contributed by atoms with E-state index in [1.807, 2.05) is 49.5 Å². The summed E-state index contributed by atoms with van der Waals surface area (Å²) in [6.07, 6.45) is 7.48. The fourth-order valence-electron chi connectivity index (χ4n) is 4.71. The lowest BCUT2D eigenvalue weighted by molar-refractivity contribution is 0.139. The maximum atomic E-state index is 12.3. The first-order valence-electron chi connectivity index (χ1n) is 13.1. The van der Waals surface area contributed by atoms with Crippen molar-refractivity contribution >= 4 is 27.3 Å². The first-order chi connectivity index (χ1) is 18.9. The minimum atomic E-state index is -3.19. The molecular formula is C28H34N6O4S. The molecule has 39 heavy (non-hydrogen) atoms. The van der Waals surface area contributed by atoms with Crippen LogP contribution in [0.1, 0.15) is 23.7 Å². The van der Waals surface area contributed by atoms with Crippen LogP contribution in [0.25, 0.3) is 11.3 Å². The number of benzene rings is 1. The number of hydrogen-bond acceptors (Lipinski definition) is 9. The Morgan fingerprint density at radius 1 is 0.974 bits per heavy atom. The second-order valence-electron chi connectivity index (χ2n) is 9.52. The zero-order chi connectivity index (χ0) is 27.2. The summed E-state index contributed by atoms with van der Waals surface area (Å²) in [6.45, 7) is 7.55. The predicted molar refractivity (Wildman–Crippen MR) is 151 cm³/mol. The van der Waals surface area contributed by atoms with E-state index in [-0.39, 0.29) is 5.75 Å². The van der Waals surface area contributed by atoms with E-state index in [1.54, 1.807) is 17.4 Å². The van der Waals surface area contributed by atoms with Gasteiger partial charge in [0.15, 0.2) is 0 Å². The number of nitrogens with one attached hydrogen (secondary N) is 1. The molecule has 0 amide bonds. The smallest absolute Gasteiger partial charge is 0.227 e. The highest BCUT2D eigenvalue weighted by Crippen LogP contribution is 2.29. The van der Waals surface area contributed by atoms with Crippen LogP contribution in [0.2, 0.25) is 0 Å². The Kier molecular flexibility index (Phi) is 8.51. The molecule has 2 aliphatic rings. The molecular weight excluding hydrogens is 516 g/mol. The number of sulfonamides is 1. The number of ether oxygens (including phenoxy) is 2. The third-order valence-electron chi connectivity index (χ3n) is 6.84. The number of hydrogen-bond donors (Lipinski definition) is 1. The Morgan fingerprint density at radius 2 is 1.74 bits per heavy atom. The number of piperazine rings is 1. The SMILES string of the molecule is CCS(=O)(=O)N1CCN(c2ccc3cc2COC/C=C/COCc2cc(ccn2)-c2nc(ncc2C)N3)CC1. The summed E-state index contributed by atoms with van der Waals surface area (Å²) in [7, 11) is -3.19. The standard InChI is InChI=1S/C28H34N6O4S/c1-3-39(35,36)34-12-10-33(11-13-34)26-7-6-24-17-23(26)19-37-14-4-5-15-38-20-25-16-22(8-9-29-25)27-21(2)18-30-28(31-24)32-27/h4-9,16-18H,3,10-15,19-20H2,1-2H3,(H,30,31,32)/b5-4+. The number of rotatable bonds is 3. The summed E-state index contributed by atoms with van der Waals surface area (Å²) in [5.41, 5.74) is 6.46. The van der Waals surface area contributed by atoms with Gasteiger partial charge in [0.2, 0.25) is 16.0 Å². The molecule has 2 aromatic heterocycles. The van der Waals surface area contributed by atoms with Gasteiger partial charge in [-0.3, -0.25) is 4.98 Å². The van der Waals surface area contributed by atoms with E-state index in [0.29, 0.717) is 58.6 Å². The number of fused-ring (bicyclic) bond motifs is 7. The van der Waals surface area contributed by atoms with Crippen LogP contribution in [0.4, 0.5) is 17.3 Å². The largest absolute Gasteiger partial charge is 0.373 e. The van der Waals surface area contributed by atoms with Crippen molar-refractivity contribution in [2.45, 2.75) is 27.1 Å². The van der Waals surface area contributed by atoms with Gasteiger partial charge in [0, 0.05) is 61.1 Å². The molecule has 4 heterocycles. The van der Waals surface area contributed by atoms with E-state index in [0.717, 1.165) is 39.5 Å². The molecule has 11 heteroatoms. The molecule has 0 spiro atoms. The van der Waals surface area contributed by atoms with Crippen molar-refractivity contribution in [3.8, 4) is 11.3 Å². The molecule has 0 radical (unpaired) electrons. The van der Waals surface area contributed by atoms with Crippen LogP contribution in [0.15, 0.2) is 54.9 Å². The van der Waals surface area contributed by atoms with Gasteiger partial charge in [-0.05, 0) is 49.7 Å². The van der Waals surface area contributed by atoms with Gasteiger partial charge in [-0.15, -0.1) is 0 Å². The number of aromatic nitrogens is 3. The van der Waals surface area contributed by atoms with Crippen LogP contribution < -0.4 is 10.2 Å². The molecule has 0 unspecified atom stereocenters. The third kappa shape index (κ3) is 6.62. The summed E-state index contributed by atoms with van der Waals surface area (Å²) < 4.78 is 38.0. The second kappa shape index (κ2) is 12.2. The summed E-state index contributed by atoms with van der Waals surface area (Å²) in [5.74, 6) is 0.614. The van der Waals surface area contributed by atoms with Gasteiger partial charge in [-0.25, -0.2) is 18.4 Å². The Morgan fingerprint density at radius 3 is 2.51 bits per heavy atom. The molecule has 3 aromatic rings. The Balaban J connectivity index is 1.43. The lowest BCUT2D eigenvalue weighted by Crippen LogP contribution is -2.49.